The number of hydrogen-bond acceptors (Lipinski definition) is 7. The Balaban J connectivity index is 1.34. The molecule has 3 fully saturated rings. The third-order valence-corrected chi connectivity index (χ3v) is 8.52. The van der Waals surface area contributed by atoms with Gasteiger partial charge in [0.1, 0.15) is 5.54 Å². The number of carbonyl (C=O) groups is 1. The van der Waals surface area contributed by atoms with E-state index in [1.165, 1.54) is 18.5 Å². The van der Waals surface area contributed by atoms with Crippen molar-refractivity contribution in [3.8, 4) is 11.1 Å². The smallest absolute Gasteiger partial charge is 0.250 e. The molecule has 3 aromatic rings. The highest BCUT2D eigenvalue weighted by atomic mass is 16.5. The number of morpholine rings is 1. The highest BCUT2D eigenvalue weighted by Gasteiger charge is 2.54. The minimum atomic E-state index is -0.557. The quantitative estimate of drug-likeness (QED) is 0.483. The monoisotopic (exact) mass is 521 g/mol. The average molecular weight is 522 g/mol. The van der Waals surface area contributed by atoms with E-state index in [1.807, 2.05) is 28.2 Å². The third-order valence-electron chi connectivity index (χ3n) is 8.52. The normalized spacial score (nSPS) is 23.9. The van der Waals surface area contributed by atoms with Gasteiger partial charge in [-0.2, -0.15) is 5.10 Å². The minimum absolute atomic E-state index is 0.100. The van der Waals surface area contributed by atoms with E-state index < -0.39 is 5.54 Å². The van der Waals surface area contributed by atoms with Crippen molar-refractivity contribution in [1.82, 2.24) is 29.3 Å². The molecule has 0 bridgehead atoms. The molecule has 0 radical (unpaired) electrons. The summed E-state index contributed by atoms with van der Waals surface area (Å²) in [5, 5.41) is 13.0. The van der Waals surface area contributed by atoms with Crippen molar-refractivity contribution in [2.24, 2.45) is 5.92 Å². The second-order valence-corrected chi connectivity index (χ2v) is 11.4. The number of anilines is 1. The van der Waals surface area contributed by atoms with E-state index in [2.05, 4.69) is 34.7 Å². The van der Waals surface area contributed by atoms with Crippen molar-refractivity contribution in [1.29, 1.82) is 0 Å². The Morgan fingerprint density at radius 1 is 1.21 bits per heavy atom. The van der Waals surface area contributed by atoms with E-state index in [9.17, 15) is 4.79 Å². The molecule has 1 aliphatic heterocycles. The van der Waals surface area contributed by atoms with Gasteiger partial charge in [-0.25, -0.2) is 9.50 Å². The molecule has 2 saturated carbocycles. The van der Waals surface area contributed by atoms with Gasteiger partial charge in [-0.3, -0.25) is 9.48 Å². The second-order valence-electron chi connectivity index (χ2n) is 11.4. The molecule has 1 amide bonds. The zero-order valence-corrected chi connectivity index (χ0v) is 22.7. The van der Waals surface area contributed by atoms with Crippen LogP contribution >= 0.6 is 0 Å². The highest BCUT2D eigenvalue weighted by Crippen LogP contribution is 2.46. The van der Waals surface area contributed by atoms with Crippen LogP contribution in [0, 0.1) is 5.92 Å². The molecule has 204 valence electrons. The van der Waals surface area contributed by atoms with E-state index in [0.717, 1.165) is 48.2 Å². The van der Waals surface area contributed by atoms with E-state index in [-0.39, 0.29) is 11.9 Å². The molecule has 1 saturated heterocycles. The summed E-state index contributed by atoms with van der Waals surface area (Å²) in [6.07, 6.45) is 12.3. The summed E-state index contributed by atoms with van der Waals surface area (Å²) < 4.78 is 14.7. The molecule has 2 aliphatic carbocycles. The fourth-order valence-corrected chi connectivity index (χ4v) is 6.09. The number of amides is 1. The topological polar surface area (TPSA) is 98.8 Å². The number of rotatable bonds is 8. The van der Waals surface area contributed by atoms with Crippen molar-refractivity contribution >= 4 is 17.4 Å². The first kappa shape index (κ1) is 25.3. The van der Waals surface area contributed by atoms with E-state index in [4.69, 9.17) is 19.7 Å². The van der Waals surface area contributed by atoms with Crippen molar-refractivity contribution in [3.05, 3.63) is 30.4 Å². The van der Waals surface area contributed by atoms with Crippen LogP contribution in [0.3, 0.4) is 0 Å². The summed E-state index contributed by atoms with van der Waals surface area (Å²) in [6.45, 7) is 7.49. The van der Waals surface area contributed by atoms with Gasteiger partial charge in [0.25, 0.3) is 5.91 Å². The summed E-state index contributed by atoms with van der Waals surface area (Å²) in [5.41, 5.74) is 3.70. The lowest BCUT2D eigenvalue weighted by molar-refractivity contribution is -0.140. The molecular formula is C28H39N7O3. The largest absolute Gasteiger partial charge is 0.383 e. The summed E-state index contributed by atoms with van der Waals surface area (Å²) in [7, 11) is 1.70. The third kappa shape index (κ3) is 4.68. The Morgan fingerprint density at radius 3 is 2.68 bits per heavy atom. The van der Waals surface area contributed by atoms with Crippen molar-refractivity contribution in [3.63, 3.8) is 0 Å². The molecule has 1 atom stereocenters. The number of fused-ring (bicyclic) bond motifs is 1. The van der Waals surface area contributed by atoms with Crippen LogP contribution in [0.1, 0.15) is 64.0 Å². The number of methoxy groups -OCH3 is 1. The van der Waals surface area contributed by atoms with Crippen LogP contribution in [0.15, 0.2) is 24.7 Å². The van der Waals surface area contributed by atoms with Crippen molar-refractivity contribution in [2.75, 3.05) is 45.3 Å². The van der Waals surface area contributed by atoms with Gasteiger partial charge in [0.05, 0.1) is 37.7 Å². The molecule has 38 heavy (non-hydrogen) atoms. The summed E-state index contributed by atoms with van der Waals surface area (Å²) in [4.78, 5) is 20.0. The Morgan fingerprint density at radius 2 is 1.97 bits per heavy atom. The molecular weight excluding hydrogens is 482 g/mol. The second kappa shape index (κ2) is 10.3. The lowest BCUT2D eigenvalue weighted by Gasteiger charge is -2.30. The molecule has 4 heterocycles. The van der Waals surface area contributed by atoms with E-state index >= 15 is 0 Å². The molecule has 1 N–H and O–H groups in total. The fraction of sp³-hybridized carbons (Fsp3) is 0.643. The van der Waals surface area contributed by atoms with Gasteiger partial charge in [0, 0.05) is 55.2 Å². The van der Waals surface area contributed by atoms with Gasteiger partial charge in [0.15, 0.2) is 0 Å². The standard InChI is InChI=1S/C28H39N7O3/c1-19-4-6-21(7-5-19)24-14-23(25-16-29-27(32-35(24)25)31-20(2)18-37-3)22-15-30-34(17-22)28(8-9-28)26(36)33-10-12-38-13-11-33/h14-17,19-21H,4-13,18H2,1-3H3,(H,31,32)/t19?,20-,21?/m0/s1. The Labute approximate surface area is 223 Å². The zero-order chi connectivity index (χ0) is 26.3. The van der Waals surface area contributed by atoms with Crippen LogP contribution in [0.25, 0.3) is 16.6 Å². The Bertz CT molecular complexity index is 1280. The summed E-state index contributed by atoms with van der Waals surface area (Å²) >= 11 is 0. The molecule has 10 nitrogen and oxygen atoms in total. The number of nitrogens with zero attached hydrogens (tertiary/aromatic N) is 6. The van der Waals surface area contributed by atoms with Crippen LogP contribution < -0.4 is 5.32 Å². The van der Waals surface area contributed by atoms with Crippen LogP contribution in [0.4, 0.5) is 5.95 Å². The van der Waals surface area contributed by atoms with Gasteiger partial charge in [-0.05, 0) is 44.6 Å². The summed E-state index contributed by atoms with van der Waals surface area (Å²) in [5.74, 6) is 1.99. The number of carbonyl (C=O) groups excluding carboxylic acids is 1. The first-order chi connectivity index (χ1) is 18.5. The maximum absolute atomic E-state index is 13.4. The molecule has 3 aliphatic rings. The van der Waals surface area contributed by atoms with Gasteiger partial charge in [-0.1, -0.05) is 19.8 Å². The highest BCUT2D eigenvalue weighted by molar-refractivity contribution is 5.88. The molecule has 0 spiro atoms. The molecule has 6 rings (SSSR count). The van der Waals surface area contributed by atoms with Crippen LogP contribution in [-0.2, 0) is 19.8 Å². The van der Waals surface area contributed by atoms with Gasteiger partial charge < -0.3 is 19.7 Å². The van der Waals surface area contributed by atoms with Gasteiger partial charge in [-0.15, -0.1) is 5.10 Å². The average Bonchev–Trinajstić information content (AvgIpc) is 3.43. The first-order valence-corrected chi connectivity index (χ1v) is 14.1. The summed E-state index contributed by atoms with van der Waals surface area (Å²) in [6, 6.07) is 2.38. The number of nitrogens with one attached hydrogen (secondary N) is 1. The maximum atomic E-state index is 13.4. The van der Waals surface area contributed by atoms with Gasteiger partial charge >= 0.3 is 0 Å². The van der Waals surface area contributed by atoms with Crippen molar-refractivity contribution in [2.45, 2.75) is 69.9 Å². The van der Waals surface area contributed by atoms with Crippen LogP contribution in [0.2, 0.25) is 0 Å². The van der Waals surface area contributed by atoms with E-state index in [0.29, 0.717) is 44.8 Å². The number of hydrogen-bond donors (Lipinski definition) is 1. The minimum Gasteiger partial charge on any atom is -0.383 e. The fourth-order valence-electron chi connectivity index (χ4n) is 6.09. The van der Waals surface area contributed by atoms with Gasteiger partial charge in [0.2, 0.25) is 5.95 Å². The zero-order valence-electron chi connectivity index (χ0n) is 22.7. The maximum Gasteiger partial charge on any atom is 0.250 e. The van der Waals surface area contributed by atoms with Crippen LogP contribution in [0.5, 0.6) is 0 Å². The number of aromatic nitrogens is 5. The predicted octanol–water partition coefficient (Wildman–Crippen LogP) is 3.68. The SMILES string of the molecule is COC[C@H](C)Nc1ncc2c(-c3cnn(C4(C(=O)N5CCOCC5)CC4)c3)cc(C3CCC(C)CC3)n2n1. The lowest BCUT2D eigenvalue weighted by atomic mass is 9.81. The molecule has 3 aromatic heterocycles. The first-order valence-electron chi connectivity index (χ1n) is 14.1. The predicted molar refractivity (Wildman–Crippen MR) is 144 cm³/mol. The van der Waals surface area contributed by atoms with E-state index in [1.54, 1.807) is 7.11 Å². The van der Waals surface area contributed by atoms with Crippen molar-refractivity contribution < 1.29 is 14.3 Å². The molecule has 0 unspecified atom stereocenters. The Hall–Kier alpha value is -2.98. The number of ether oxygens (including phenoxy) is 2. The lowest BCUT2D eigenvalue weighted by Crippen LogP contribution is -2.47. The molecule has 10 heteroatoms. The van der Waals surface area contributed by atoms with Crippen LogP contribution in [-0.4, -0.2) is 81.2 Å². The Kier molecular flexibility index (Phi) is 6.86. The molecule has 0 aromatic carbocycles.